The number of aliphatic hydroxyl groups is 1. The molecule has 0 aromatic rings. The van der Waals surface area contributed by atoms with Gasteiger partial charge in [0, 0.05) is 0 Å². The summed E-state index contributed by atoms with van der Waals surface area (Å²) in [6.07, 6.45) is 14.0. The van der Waals surface area contributed by atoms with Crippen molar-refractivity contribution in [2.45, 2.75) is 90.7 Å². The van der Waals surface area contributed by atoms with Crippen LogP contribution in [0.5, 0.6) is 0 Å². The molecule has 0 radical (unpaired) electrons. The standard InChI is InChI=1S/C16H26Br8O/c1-2-3-4-5-6-7-8-9-10-11-12-13(17,18)14(19,20)15(21,22)16(23,24)25/h25H,2-12H2,1H3. The fourth-order valence-corrected chi connectivity index (χ4v) is 7.94. The molecule has 0 spiro atoms. The maximum absolute atomic E-state index is 10.3. The molecule has 0 aliphatic carbocycles. The number of hydrogen-bond donors (Lipinski definition) is 1. The second-order valence-corrected chi connectivity index (χ2v) is 20.3. The summed E-state index contributed by atoms with van der Waals surface area (Å²) in [4.78, 5) is 0. The first-order chi connectivity index (χ1) is 11.3. The van der Waals surface area contributed by atoms with Crippen LogP contribution in [0.25, 0.3) is 0 Å². The number of hydrogen-bond acceptors (Lipinski definition) is 1. The fraction of sp³-hybridized carbons (Fsp3) is 1.00. The van der Waals surface area contributed by atoms with Gasteiger partial charge in [-0.1, -0.05) is 167 Å². The quantitative estimate of drug-likeness (QED) is 0.136. The number of rotatable bonds is 14. The monoisotopic (exact) mass is 866 g/mol. The van der Waals surface area contributed by atoms with Crippen LogP contribution in [0.1, 0.15) is 77.6 Å². The SMILES string of the molecule is CCCCCCCCCCCCC(Br)(Br)C(Br)(Br)C(Br)(Br)C(O)(Br)Br. The summed E-state index contributed by atoms with van der Waals surface area (Å²) in [6.45, 7) is 2.26. The van der Waals surface area contributed by atoms with E-state index in [0.29, 0.717) is 0 Å². The molecular formula is C16H26Br8O. The Kier molecular flexibility index (Phi) is 15.3. The maximum Gasteiger partial charge on any atom is 0.202 e. The largest absolute Gasteiger partial charge is 0.368 e. The van der Waals surface area contributed by atoms with Gasteiger partial charge in [-0.05, 0) is 38.3 Å². The summed E-state index contributed by atoms with van der Waals surface area (Å²) >= 11 is 28.5. The second-order valence-electron chi connectivity index (χ2n) is 6.33. The smallest absolute Gasteiger partial charge is 0.202 e. The summed E-state index contributed by atoms with van der Waals surface area (Å²) in [5, 5.41) is 10.3. The topological polar surface area (TPSA) is 20.2 Å². The van der Waals surface area contributed by atoms with Crippen molar-refractivity contribution in [2.75, 3.05) is 0 Å². The molecule has 0 amide bonds. The zero-order valence-electron chi connectivity index (χ0n) is 14.2. The van der Waals surface area contributed by atoms with Crippen LogP contribution in [0.2, 0.25) is 0 Å². The summed E-state index contributed by atoms with van der Waals surface area (Å²) < 4.78 is -3.52. The van der Waals surface area contributed by atoms with Crippen molar-refractivity contribution in [2.24, 2.45) is 0 Å². The van der Waals surface area contributed by atoms with E-state index in [1.54, 1.807) is 0 Å². The van der Waals surface area contributed by atoms with Crippen molar-refractivity contribution in [1.29, 1.82) is 0 Å². The van der Waals surface area contributed by atoms with Gasteiger partial charge >= 0.3 is 0 Å². The molecule has 25 heavy (non-hydrogen) atoms. The third kappa shape index (κ3) is 9.65. The average molecular weight is 874 g/mol. The van der Waals surface area contributed by atoms with Gasteiger partial charge in [-0.25, -0.2) is 0 Å². The highest BCUT2D eigenvalue weighted by molar-refractivity contribution is 9.34. The lowest BCUT2D eigenvalue weighted by molar-refractivity contribution is 0.228. The highest BCUT2D eigenvalue weighted by Crippen LogP contribution is 2.66. The predicted octanol–water partition coefficient (Wildman–Crippen LogP) is 10.2. The van der Waals surface area contributed by atoms with Crippen LogP contribution in [0.15, 0.2) is 0 Å². The van der Waals surface area contributed by atoms with Gasteiger partial charge in [0.2, 0.25) is 3.42 Å². The molecule has 1 N–H and O–H groups in total. The summed E-state index contributed by atoms with van der Waals surface area (Å²) in [7, 11) is 0. The van der Waals surface area contributed by atoms with Crippen molar-refractivity contribution in [3.8, 4) is 0 Å². The highest BCUT2D eigenvalue weighted by Gasteiger charge is 2.64. The van der Waals surface area contributed by atoms with E-state index in [1.165, 1.54) is 57.8 Å². The lowest BCUT2D eigenvalue weighted by Crippen LogP contribution is -2.55. The van der Waals surface area contributed by atoms with Gasteiger partial charge in [-0.3, -0.25) is 0 Å². The fourth-order valence-electron chi connectivity index (χ4n) is 2.41. The summed E-state index contributed by atoms with van der Waals surface area (Å²) in [6, 6.07) is 0. The minimum absolute atomic E-state index is 0.477. The van der Waals surface area contributed by atoms with Crippen LogP contribution in [0.4, 0.5) is 0 Å². The van der Waals surface area contributed by atoms with E-state index in [-0.39, 0.29) is 0 Å². The Hall–Kier alpha value is 3.80. The maximum atomic E-state index is 10.3. The molecule has 0 unspecified atom stereocenters. The van der Waals surface area contributed by atoms with Crippen LogP contribution < -0.4 is 0 Å². The predicted molar refractivity (Wildman–Crippen MR) is 141 cm³/mol. The molecule has 0 heterocycles. The molecule has 9 heteroatoms. The van der Waals surface area contributed by atoms with Crippen LogP contribution in [0, 0.1) is 0 Å². The highest BCUT2D eigenvalue weighted by atomic mass is 79.9. The van der Waals surface area contributed by atoms with E-state index in [1.807, 2.05) is 0 Å². The van der Waals surface area contributed by atoms with E-state index in [9.17, 15) is 5.11 Å². The lowest BCUT2D eigenvalue weighted by atomic mass is 10.0. The third-order valence-electron chi connectivity index (χ3n) is 4.08. The summed E-state index contributed by atoms with van der Waals surface area (Å²) in [5.41, 5.74) is 0. The first-order valence-corrected chi connectivity index (χ1v) is 14.9. The van der Waals surface area contributed by atoms with E-state index in [4.69, 9.17) is 0 Å². The third-order valence-corrected chi connectivity index (χ3v) is 18.5. The molecular weight excluding hydrogens is 847 g/mol. The number of unbranched alkanes of at least 4 members (excludes halogenated alkanes) is 9. The molecule has 0 atom stereocenters. The zero-order chi connectivity index (χ0) is 19.8. The van der Waals surface area contributed by atoms with E-state index < -0.39 is 13.1 Å². The lowest BCUT2D eigenvalue weighted by Gasteiger charge is -2.46. The van der Waals surface area contributed by atoms with Crippen molar-refractivity contribution in [3.63, 3.8) is 0 Å². The summed E-state index contributed by atoms with van der Waals surface area (Å²) in [5.74, 6) is 0. The Morgan fingerprint density at radius 2 is 0.920 bits per heavy atom. The van der Waals surface area contributed by atoms with Crippen molar-refractivity contribution in [3.05, 3.63) is 0 Å². The molecule has 0 aliphatic rings. The van der Waals surface area contributed by atoms with Crippen molar-refractivity contribution in [1.82, 2.24) is 0 Å². The van der Waals surface area contributed by atoms with E-state index >= 15 is 0 Å². The van der Waals surface area contributed by atoms with E-state index in [0.717, 1.165) is 12.8 Å². The van der Waals surface area contributed by atoms with Gasteiger partial charge in [0.25, 0.3) is 0 Å². The van der Waals surface area contributed by atoms with Gasteiger partial charge < -0.3 is 5.11 Å². The Morgan fingerprint density at radius 3 is 1.28 bits per heavy atom. The average Bonchev–Trinajstić information content (AvgIpc) is 2.47. The van der Waals surface area contributed by atoms with Crippen LogP contribution in [-0.4, -0.2) is 18.2 Å². The van der Waals surface area contributed by atoms with E-state index in [2.05, 4.69) is 134 Å². The number of halogens is 8. The first-order valence-electron chi connectivity index (χ1n) is 8.55. The first kappa shape index (κ1) is 28.8. The second kappa shape index (κ2) is 13.3. The van der Waals surface area contributed by atoms with Gasteiger partial charge in [-0.2, -0.15) is 0 Å². The van der Waals surface area contributed by atoms with Gasteiger partial charge in [0.15, 0.2) is 3.23 Å². The Labute approximate surface area is 220 Å². The van der Waals surface area contributed by atoms with Crippen molar-refractivity contribution < 1.29 is 5.11 Å². The van der Waals surface area contributed by atoms with Gasteiger partial charge in [-0.15, -0.1) is 0 Å². The minimum atomic E-state index is -1.37. The minimum Gasteiger partial charge on any atom is -0.368 e. The molecule has 0 saturated carbocycles. The molecule has 152 valence electrons. The zero-order valence-corrected chi connectivity index (χ0v) is 26.9. The molecule has 0 aromatic carbocycles. The molecule has 0 rings (SSSR count). The molecule has 1 nitrogen and oxygen atoms in total. The Morgan fingerprint density at radius 1 is 0.560 bits per heavy atom. The molecule has 0 saturated heterocycles. The molecule has 0 aromatic heterocycles. The molecule has 0 bridgehead atoms. The van der Waals surface area contributed by atoms with Crippen LogP contribution in [0.3, 0.4) is 0 Å². The van der Waals surface area contributed by atoms with Crippen LogP contribution in [-0.2, 0) is 0 Å². The number of alkyl halides is 8. The Bertz CT molecular complexity index is 366. The van der Waals surface area contributed by atoms with Crippen molar-refractivity contribution >= 4 is 127 Å². The molecule has 0 aliphatic heterocycles. The molecule has 0 fully saturated rings. The Balaban J connectivity index is 4.20. The normalized spacial score (nSPS) is 14.2. The van der Waals surface area contributed by atoms with Gasteiger partial charge in [0.05, 0.1) is 0 Å². The van der Waals surface area contributed by atoms with Crippen LogP contribution >= 0.6 is 127 Å². The van der Waals surface area contributed by atoms with Gasteiger partial charge in [0.1, 0.15) is 6.47 Å².